The molecule has 5 aliphatic heterocycles. The fourth-order valence-electron chi connectivity index (χ4n) is 11.1. The summed E-state index contributed by atoms with van der Waals surface area (Å²) in [4.78, 5) is 17.0. The highest BCUT2D eigenvalue weighted by atomic mass is 19.1. The monoisotopic (exact) mass is 743 g/mol. The van der Waals surface area contributed by atoms with Crippen LogP contribution in [0.15, 0.2) is 72.8 Å². The summed E-state index contributed by atoms with van der Waals surface area (Å²) in [6, 6.07) is 23.9. The first-order valence-corrected chi connectivity index (χ1v) is 20.2. The number of fused-ring (bicyclic) bond motifs is 4. The van der Waals surface area contributed by atoms with Gasteiger partial charge < -0.3 is 34.4 Å². The Morgan fingerprint density at radius 1 is 0.945 bits per heavy atom. The standard InChI is InChI=1S/C46H50FN3O5/c1-53-41-23-40(39(47)21-37(41)43-34(30-5-3-2-4-6-30)9-7-31-19-33(51)8-10-35(31)43)50-17-13-46(14-18-50)24-29(27-55-46)26-49-15-11-45(12-16-49)28-54-42-22-36-32(20-38(42)45)25-48-44(36)52/h2-6,8,10,19-23,29,34,43,51H,7,9,11-18,24-28H2,1H3,(H,48,52). The lowest BCUT2D eigenvalue weighted by atomic mass is 9.69. The average molecular weight is 744 g/mol. The van der Waals surface area contributed by atoms with E-state index in [9.17, 15) is 9.90 Å². The lowest BCUT2D eigenvalue weighted by Gasteiger charge is -2.41. The van der Waals surface area contributed by atoms with Crippen molar-refractivity contribution in [3.63, 3.8) is 0 Å². The predicted octanol–water partition coefficient (Wildman–Crippen LogP) is 7.45. The Bertz CT molecular complexity index is 2120. The van der Waals surface area contributed by atoms with Gasteiger partial charge in [0.05, 0.1) is 31.6 Å². The molecule has 3 unspecified atom stereocenters. The van der Waals surface area contributed by atoms with Crippen molar-refractivity contribution in [2.45, 2.75) is 74.3 Å². The summed E-state index contributed by atoms with van der Waals surface area (Å²) >= 11 is 0. The SMILES string of the molecule is COc1cc(N2CCC3(CC2)CC(CN2CCC4(CC2)COc2cc5c(cc24)CNC5=O)CO3)c(F)cc1C1c2ccc(O)cc2CCC1c1ccccc1. The number of phenols is 1. The minimum Gasteiger partial charge on any atom is -0.508 e. The molecule has 1 amide bonds. The molecule has 4 aromatic rings. The van der Waals surface area contributed by atoms with Crippen LogP contribution in [0.5, 0.6) is 17.2 Å². The van der Waals surface area contributed by atoms with Crippen molar-refractivity contribution in [3.8, 4) is 17.2 Å². The van der Waals surface area contributed by atoms with Gasteiger partial charge in [0.2, 0.25) is 0 Å². The summed E-state index contributed by atoms with van der Waals surface area (Å²) in [6.07, 6.45) is 6.68. The van der Waals surface area contributed by atoms with Crippen LogP contribution in [-0.4, -0.2) is 74.6 Å². The van der Waals surface area contributed by atoms with Crippen LogP contribution < -0.4 is 19.7 Å². The van der Waals surface area contributed by atoms with E-state index in [2.05, 4.69) is 45.4 Å². The number of aromatic hydroxyl groups is 1. The third-order valence-electron chi connectivity index (χ3n) is 14.0. The number of anilines is 1. The molecule has 2 N–H and O–H groups in total. The number of hydrogen-bond acceptors (Lipinski definition) is 7. The van der Waals surface area contributed by atoms with Crippen LogP contribution in [0.1, 0.15) is 94.1 Å². The number of ether oxygens (including phenoxy) is 3. The molecule has 4 aromatic carbocycles. The fraction of sp³-hybridized carbons (Fsp3) is 0.457. The van der Waals surface area contributed by atoms with Crippen LogP contribution in [0.3, 0.4) is 0 Å². The van der Waals surface area contributed by atoms with E-state index in [1.165, 1.54) is 11.1 Å². The van der Waals surface area contributed by atoms with Gasteiger partial charge in [-0.05, 0) is 122 Å². The van der Waals surface area contributed by atoms with Crippen molar-refractivity contribution >= 4 is 11.6 Å². The number of carbonyl (C=O) groups is 1. The molecule has 5 heterocycles. The summed E-state index contributed by atoms with van der Waals surface area (Å²) < 4.78 is 35.3. The first kappa shape index (κ1) is 34.9. The first-order valence-electron chi connectivity index (χ1n) is 20.2. The smallest absolute Gasteiger partial charge is 0.252 e. The maximum Gasteiger partial charge on any atom is 0.252 e. The van der Waals surface area contributed by atoms with Gasteiger partial charge >= 0.3 is 0 Å². The molecule has 55 heavy (non-hydrogen) atoms. The summed E-state index contributed by atoms with van der Waals surface area (Å²) in [5.41, 5.74) is 7.95. The van der Waals surface area contributed by atoms with Crippen molar-refractivity contribution in [3.05, 3.63) is 118 Å². The van der Waals surface area contributed by atoms with E-state index in [1.807, 2.05) is 30.3 Å². The highest BCUT2D eigenvalue weighted by Gasteiger charge is 2.47. The van der Waals surface area contributed by atoms with E-state index in [0.717, 1.165) is 118 Å². The van der Waals surface area contributed by atoms with E-state index >= 15 is 4.39 Å². The number of carbonyl (C=O) groups excluding carboxylic acids is 1. The number of aryl methyl sites for hydroxylation is 1. The Morgan fingerprint density at radius 2 is 1.76 bits per heavy atom. The predicted molar refractivity (Wildman–Crippen MR) is 209 cm³/mol. The Morgan fingerprint density at radius 3 is 2.56 bits per heavy atom. The molecule has 10 rings (SSSR count). The van der Waals surface area contributed by atoms with Gasteiger partial charge in [0.25, 0.3) is 5.91 Å². The van der Waals surface area contributed by atoms with E-state index in [0.29, 0.717) is 30.5 Å². The molecule has 1 aliphatic carbocycles. The van der Waals surface area contributed by atoms with E-state index in [4.69, 9.17) is 14.2 Å². The second-order valence-electron chi connectivity index (χ2n) is 17.1. The third kappa shape index (κ3) is 6.05. The molecular weight excluding hydrogens is 694 g/mol. The molecule has 3 atom stereocenters. The Hall–Kier alpha value is -4.60. The zero-order valence-corrected chi connectivity index (χ0v) is 31.6. The Kier molecular flexibility index (Phi) is 8.59. The van der Waals surface area contributed by atoms with Crippen molar-refractivity contribution < 1.29 is 28.5 Å². The topological polar surface area (TPSA) is 83.5 Å². The second kappa shape index (κ2) is 13.6. The van der Waals surface area contributed by atoms with Crippen molar-refractivity contribution in [1.29, 1.82) is 0 Å². The lowest BCUT2D eigenvalue weighted by Crippen LogP contribution is -2.46. The van der Waals surface area contributed by atoms with Crippen LogP contribution >= 0.6 is 0 Å². The van der Waals surface area contributed by atoms with Crippen LogP contribution in [0.4, 0.5) is 10.1 Å². The number of phenolic OH excluding ortho intramolecular Hbond substituents is 1. The third-order valence-corrected chi connectivity index (χ3v) is 14.0. The molecule has 0 radical (unpaired) electrons. The fourth-order valence-corrected chi connectivity index (χ4v) is 11.1. The maximum atomic E-state index is 16.4. The molecule has 6 aliphatic rings. The molecule has 0 saturated carbocycles. The molecule has 3 saturated heterocycles. The maximum absolute atomic E-state index is 16.4. The number of likely N-dealkylation sites (tertiary alicyclic amines) is 1. The molecule has 3 fully saturated rings. The number of methoxy groups -OCH3 is 1. The number of hydrogen-bond donors (Lipinski definition) is 2. The summed E-state index contributed by atoms with van der Waals surface area (Å²) in [5, 5.41) is 13.2. The molecule has 2 spiro atoms. The number of nitrogens with one attached hydrogen (secondary N) is 1. The number of halogens is 1. The second-order valence-corrected chi connectivity index (χ2v) is 17.1. The van der Waals surface area contributed by atoms with Crippen LogP contribution in [0.25, 0.3) is 0 Å². The lowest BCUT2D eigenvalue weighted by molar-refractivity contribution is -0.0156. The number of piperidine rings is 2. The van der Waals surface area contributed by atoms with Crippen LogP contribution in [0, 0.1) is 11.7 Å². The number of amides is 1. The highest BCUT2D eigenvalue weighted by molar-refractivity contribution is 5.99. The van der Waals surface area contributed by atoms with Gasteiger partial charge in [-0.15, -0.1) is 0 Å². The molecule has 0 aromatic heterocycles. The van der Waals surface area contributed by atoms with Crippen molar-refractivity contribution in [2.75, 3.05) is 57.9 Å². The molecule has 286 valence electrons. The molecule has 9 heteroatoms. The van der Waals surface area contributed by atoms with Gasteiger partial charge in [-0.3, -0.25) is 4.79 Å². The van der Waals surface area contributed by atoms with Crippen LogP contribution in [-0.2, 0) is 23.1 Å². The summed E-state index contributed by atoms with van der Waals surface area (Å²) in [6.45, 7) is 6.68. The van der Waals surface area contributed by atoms with E-state index in [-0.39, 0.29) is 40.3 Å². The van der Waals surface area contributed by atoms with Crippen molar-refractivity contribution in [1.82, 2.24) is 10.2 Å². The minimum atomic E-state index is -0.220. The molecule has 8 nitrogen and oxygen atoms in total. The minimum absolute atomic E-state index is 0.00295. The highest BCUT2D eigenvalue weighted by Crippen LogP contribution is 2.51. The quantitative estimate of drug-likeness (QED) is 0.213. The largest absolute Gasteiger partial charge is 0.508 e. The van der Waals surface area contributed by atoms with Gasteiger partial charge in [-0.1, -0.05) is 36.4 Å². The van der Waals surface area contributed by atoms with Crippen molar-refractivity contribution in [2.24, 2.45) is 5.92 Å². The zero-order chi connectivity index (χ0) is 37.3. The first-order chi connectivity index (χ1) is 26.8. The number of nitrogens with zero attached hydrogens (tertiary/aromatic N) is 2. The van der Waals surface area contributed by atoms with Gasteiger partial charge in [0, 0.05) is 60.3 Å². The van der Waals surface area contributed by atoms with Gasteiger partial charge in [-0.2, -0.15) is 0 Å². The Balaban J connectivity index is 0.800. The number of rotatable bonds is 6. The zero-order valence-electron chi connectivity index (χ0n) is 31.6. The summed E-state index contributed by atoms with van der Waals surface area (Å²) in [5.74, 6) is 2.18. The molecular formula is C46H50FN3O5. The van der Waals surface area contributed by atoms with Gasteiger partial charge in [0.15, 0.2) is 0 Å². The molecule has 0 bridgehead atoms. The van der Waals surface area contributed by atoms with E-state index < -0.39 is 0 Å². The van der Waals surface area contributed by atoms with Gasteiger partial charge in [0.1, 0.15) is 23.1 Å². The van der Waals surface area contributed by atoms with Crippen LogP contribution in [0.2, 0.25) is 0 Å². The average Bonchev–Trinajstić information content (AvgIpc) is 3.89. The van der Waals surface area contributed by atoms with Gasteiger partial charge in [-0.25, -0.2) is 4.39 Å². The number of benzene rings is 4. The summed E-state index contributed by atoms with van der Waals surface area (Å²) in [7, 11) is 1.69. The van der Waals surface area contributed by atoms with E-state index in [1.54, 1.807) is 19.2 Å². The Labute approximate surface area is 322 Å². The normalized spacial score (nSPS) is 25.0.